The molecule has 0 radical (unpaired) electrons. The van der Waals surface area contributed by atoms with Crippen LogP contribution < -0.4 is 0 Å². The van der Waals surface area contributed by atoms with Crippen LogP contribution in [-0.4, -0.2) is 171 Å². The molecule has 0 aromatic rings. The van der Waals surface area contributed by atoms with Gasteiger partial charge in [-0.25, -0.2) is 19.2 Å². The number of rotatable bonds is 33. The van der Waals surface area contributed by atoms with Gasteiger partial charge in [-0.05, 0) is 93.4 Å². The van der Waals surface area contributed by atoms with Crippen molar-refractivity contribution in [2.75, 3.05) is 73.2 Å². The first-order chi connectivity index (χ1) is 35.4. The Morgan fingerprint density at radius 2 is 0.833 bits per heavy atom. The van der Waals surface area contributed by atoms with Crippen LogP contribution in [-0.2, 0) is 57.1 Å². The summed E-state index contributed by atoms with van der Waals surface area (Å²) in [5, 5.41) is 36.6. The van der Waals surface area contributed by atoms with Crippen LogP contribution in [0.4, 0.5) is 52.7 Å². The van der Waals surface area contributed by atoms with Gasteiger partial charge in [-0.2, -0.15) is 52.7 Å². The molecule has 28 heteroatoms. The summed E-state index contributed by atoms with van der Waals surface area (Å²) in [7, 11) is 1.25. The average Bonchev–Trinajstić information content (AvgIpc) is 3.30. The predicted molar refractivity (Wildman–Crippen MR) is 259 cm³/mol. The molecule has 0 aliphatic rings. The molecule has 0 aromatic carbocycles. The van der Waals surface area contributed by atoms with Gasteiger partial charge in [0.05, 0.1) is 77.2 Å². The molecule has 0 spiro atoms. The van der Waals surface area contributed by atoms with Crippen LogP contribution in [0.25, 0.3) is 0 Å². The van der Waals surface area contributed by atoms with Gasteiger partial charge in [0.2, 0.25) is 0 Å². The number of halogens is 12. The number of carbonyl (C=O) groups excluding carboxylic acids is 4. The van der Waals surface area contributed by atoms with E-state index in [9.17, 15) is 77.0 Å². The van der Waals surface area contributed by atoms with E-state index in [0.29, 0.717) is 77.4 Å². The Morgan fingerprint density at radius 3 is 1.21 bits per heavy atom. The van der Waals surface area contributed by atoms with E-state index in [1.165, 1.54) is 14.0 Å². The number of carbonyl (C=O) groups is 4. The molecule has 16 nitrogen and oxygen atoms in total. The molecule has 5 atom stereocenters. The Bertz CT molecular complexity index is 1790. The maximum atomic E-state index is 12.4. The van der Waals surface area contributed by atoms with E-state index in [0.717, 1.165) is 12.8 Å². The topological polar surface area (TPSA) is 223 Å². The summed E-state index contributed by atoms with van der Waals surface area (Å²) in [6.45, 7) is 21.6. The monoisotopic (exact) mass is 1160 g/mol. The molecule has 0 aromatic heterocycles. The summed E-state index contributed by atoms with van der Waals surface area (Å²) < 4.78 is 186. The van der Waals surface area contributed by atoms with Crippen molar-refractivity contribution < 1.29 is 130 Å². The second-order valence-electron chi connectivity index (χ2n) is 18.1. The molecular formula is C50H80F12O16. The number of esters is 4. The third kappa shape index (κ3) is 36.8. The van der Waals surface area contributed by atoms with Crippen molar-refractivity contribution in [3.8, 4) is 0 Å². The number of ether oxygens (including phenoxy) is 8. The van der Waals surface area contributed by atoms with Crippen LogP contribution in [0.1, 0.15) is 120 Å². The van der Waals surface area contributed by atoms with Crippen molar-refractivity contribution in [1.29, 1.82) is 0 Å². The third-order valence-corrected chi connectivity index (χ3v) is 10.1. The highest BCUT2D eigenvalue weighted by atomic mass is 19.4. The summed E-state index contributed by atoms with van der Waals surface area (Å²) in [5.74, 6) is -2.24. The van der Waals surface area contributed by atoms with Gasteiger partial charge in [0.1, 0.15) is 0 Å². The lowest BCUT2D eigenvalue weighted by molar-refractivity contribution is -0.267. The first-order valence-electron chi connectivity index (χ1n) is 24.2. The highest BCUT2D eigenvalue weighted by Gasteiger charge is 2.52. The third-order valence-electron chi connectivity index (χ3n) is 10.1. The lowest BCUT2D eigenvalue weighted by Gasteiger charge is -2.29. The number of hydrogen-bond donors (Lipinski definition) is 4. The Kier molecular flexibility index (Phi) is 39.4. The van der Waals surface area contributed by atoms with Gasteiger partial charge in [0.15, 0.2) is 22.4 Å². The van der Waals surface area contributed by atoms with Crippen molar-refractivity contribution in [1.82, 2.24) is 0 Å². The Morgan fingerprint density at radius 1 is 0.462 bits per heavy atom. The maximum absolute atomic E-state index is 12.4. The SMILES string of the molecule is C=C(CCCCOCC(C)(O)C(F)(F)F)C(=O)OC.C=C(CCCCOCC(C)(O)C(F)(F)F)C(=O)OCC.C=C(COC(C)CC(C)(O)C(F)(F)F)C(=O)OCC.C=C(COCCC(C)(O)C(F)(F)F)C(=O)OCCCC. The molecule has 4 N–H and O–H groups in total. The maximum Gasteiger partial charge on any atom is 0.419 e. The molecule has 0 aliphatic carbocycles. The van der Waals surface area contributed by atoms with Crippen molar-refractivity contribution in [2.45, 2.75) is 173 Å². The van der Waals surface area contributed by atoms with E-state index >= 15 is 0 Å². The minimum Gasteiger partial charge on any atom is -0.466 e. The van der Waals surface area contributed by atoms with Crippen LogP contribution in [0, 0.1) is 0 Å². The van der Waals surface area contributed by atoms with Crippen LogP contribution in [0.3, 0.4) is 0 Å². The van der Waals surface area contributed by atoms with Gasteiger partial charge in [0, 0.05) is 37.2 Å². The molecule has 0 saturated carbocycles. The first-order valence-corrected chi connectivity index (χ1v) is 24.2. The molecule has 0 amide bonds. The van der Waals surface area contributed by atoms with Crippen molar-refractivity contribution in [3.05, 3.63) is 48.6 Å². The van der Waals surface area contributed by atoms with E-state index in [2.05, 4.69) is 35.8 Å². The van der Waals surface area contributed by atoms with Gasteiger partial charge in [0.25, 0.3) is 0 Å². The van der Waals surface area contributed by atoms with Crippen molar-refractivity contribution in [2.24, 2.45) is 0 Å². The molecule has 0 fully saturated rings. The van der Waals surface area contributed by atoms with Crippen molar-refractivity contribution >= 4 is 23.9 Å². The fourth-order valence-electron chi connectivity index (χ4n) is 4.72. The van der Waals surface area contributed by atoms with Gasteiger partial charge < -0.3 is 58.3 Å². The second kappa shape index (κ2) is 38.3. The number of unbranched alkanes of at least 4 members (excludes halogenated alkanes) is 3. The molecule has 78 heavy (non-hydrogen) atoms. The zero-order valence-corrected chi connectivity index (χ0v) is 45.8. The fraction of sp³-hybridized carbons (Fsp3) is 0.760. The van der Waals surface area contributed by atoms with Gasteiger partial charge in [-0.15, -0.1) is 0 Å². The highest BCUT2D eigenvalue weighted by molar-refractivity contribution is 5.89. The van der Waals surface area contributed by atoms with Crippen LogP contribution in [0.5, 0.6) is 0 Å². The molecule has 460 valence electrons. The summed E-state index contributed by atoms with van der Waals surface area (Å²) in [4.78, 5) is 44.7. The Hall–Kier alpha value is -4.32. The van der Waals surface area contributed by atoms with Crippen LogP contribution in [0.2, 0.25) is 0 Å². The van der Waals surface area contributed by atoms with E-state index in [-0.39, 0.29) is 64.0 Å². The minimum atomic E-state index is -4.73. The van der Waals surface area contributed by atoms with E-state index in [1.54, 1.807) is 13.8 Å². The number of alkyl halides is 12. The van der Waals surface area contributed by atoms with Gasteiger partial charge in [-0.3, -0.25) is 0 Å². The lowest BCUT2D eigenvalue weighted by atomic mass is 9.98. The molecule has 0 heterocycles. The van der Waals surface area contributed by atoms with Gasteiger partial charge >= 0.3 is 48.6 Å². The molecule has 0 bridgehead atoms. The van der Waals surface area contributed by atoms with Crippen LogP contribution >= 0.6 is 0 Å². The molecule has 5 unspecified atom stereocenters. The molecule has 0 saturated heterocycles. The summed E-state index contributed by atoms with van der Waals surface area (Å²) in [5.41, 5.74) is -10.6. The lowest BCUT2D eigenvalue weighted by Crippen LogP contribution is -2.46. The number of methoxy groups -OCH3 is 1. The van der Waals surface area contributed by atoms with E-state index in [4.69, 9.17) is 43.7 Å². The fourth-order valence-corrected chi connectivity index (χ4v) is 4.72. The highest BCUT2D eigenvalue weighted by Crippen LogP contribution is 2.35. The number of aliphatic hydroxyl groups is 4. The molecule has 0 aliphatic heterocycles. The molecule has 0 rings (SSSR count). The summed E-state index contributed by atoms with van der Waals surface area (Å²) in [6, 6.07) is 0. The zero-order chi connectivity index (χ0) is 62.0. The molecular weight excluding hydrogens is 1080 g/mol. The van der Waals surface area contributed by atoms with E-state index in [1.807, 2.05) is 6.92 Å². The van der Waals surface area contributed by atoms with Gasteiger partial charge in [-0.1, -0.05) is 39.7 Å². The van der Waals surface area contributed by atoms with E-state index < -0.39 is 103 Å². The minimum absolute atomic E-state index is 0.0142. The Labute approximate surface area is 448 Å². The Balaban J connectivity index is -0.000000468. The second-order valence-corrected chi connectivity index (χ2v) is 18.1. The predicted octanol–water partition coefficient (Wildman–Crippen LogP) is 9.64. The summed E-state index contributed by atoms with van der Waals surface area (Å²) >= 11 is 0. The zero-order valence-electron chi connectivity index (χ0n) is 45.8. The summed E-state index contributed by atoms with van der Waals surface area (Å²) in [6.07, 6.45) is -16.6. The standard InChI is InChI=1S/2C13H21F3O4.2C12H19F3O4/c1-4-20-11(17)10(2)7-5-6-8-19-9-12(3,18)13(14,15)16;1-4-5-7-20-11(17)10(2)9-19-8-6-12(3,18)13(14,15)16;1-9(10(16)18-3)6-4-5-7-19-8-11(2,17)12(13,14)15;1-5-18-10(16)8(2)7-19-9(3)6-11(4,17)12(13,14)15/h2*18H,2,4-9H2,1,3H3;17H,1,4-8H2,2-3H3;9,17H,2,5-7H2,1,3-4H3. The van der Waals surface area contributed by atoms with Crippen LogP contribution in [0.15, 0.2) is 48.6 Å². The number of hydrogen-bond acceptors (Lipinski definition) is 16. The van der Waals surface area contributed by atoms with Crippen molar-refractivity contribution in [3.63, 3.8) is 0 Å². The quantitative estimate of drug-likeness (QED) is 0.0158. The largest absolute Gasteiger partial charge is 0.466 e. The normalized spacial score (nSPS) is 15.2. The first kappa shape index (κ1) is 80.2. The average molecular weight is 1170 g/mol. The smallest absolute Gasteiger partial charge is 0.419 e.